The van der Waals surface area contributed by atoms with Gasteiger partial charge in [0.1, 0.15) is 5.82 Å². The van der Waals surface area contributed by atoms with Crippen LogP contribution in [-0.2, 0) is 0 Å². The summed E-state index contributed by atoms with van der Waals surface area (Å²) in [5.74, 6) is 0.777. The Morgan fingerprint density at radius 3 is 2.68 bits per heavy atom. The van der Waals surface area contributed by atoms with Crippen LogP contribution in [0, 0.1) is 5.82 Å². The summed E-state index contributed by atoms with van der Waals surface area (Å²) in [4.78, 5) is 8.36. The SMILES string of the molecule is CCOc1ccnc(NC(C)c2ccc(F)cc2)n1. The zero-order valence-corrected chi connectivity index (χ0v) is 10.9. The molecule has 1 atom stereocenters. The van der Waals surface area contributed by atoms with E-state index in [2.05, 4.69) is 15.3 Å². The van der Waals surface area contributed by atoms with Gasteiger partial charge < -0.3 is 10.1 Å². The van der Waals surface area contributed by atoms with Crippen molar-refractivity contribution in [1.82, 2.24) is 9.97 Å². The second-order valence-electron chi connectivity index (χ2n) is 4.07. The summed E-state index contributed by atoms with van der Waals surface area (Å²) >= 11 is 0. The fourth-order valence-corrected chi connectivity index (χ4v) is 1.67. The van der Waals surface area contributed by atoms with E-state index in [9.17, 15) is 4.39 Å². The first-order chi connectivity index (χ1) is 9.19. The smallest absolute Gasteiger partial charge is 0.226 e. The largest absolute Gasteiger partial charge is 0.478 e. The molecule has 5 heteroatoms. The Labute approximate surface area is 111 Å². The minimum Gasteiger partial charge on any atom is -0.478 e. The van der Waals surface area contributed by atoms with Gasteiger partial charge in [0, 0.05) is 12.3 Å². The number of hydrogen-bond acceptors (Lipinski definition) is 4. The Bertz CT molecular complexity index is 530. The van der Waals surface area contributed by atoms with Crippen LogP contribution in [0.2, 0.25) is 0 Å². The first kappa shape index (κ1) is 13.3. The number of aromatic nitrogens is 2. The lowest BCUT2D eigenvalue weighted by Gasteiger charge is -2.14. The van der Waals surface area contributed by atoms with E-state index in [4.69, 9.17) is 4.74 Å². The van der Waals surface area contributed by atoms with E-state index in [1.165, 1.54) is 12.1 Å². The molecule has 100 valence electrons. The van der Waals surface area contributed by atoms with Gasteiger partial charge in [-0.05, 0) is 31.5 Å². The molecule has 0 aliphatic carbocycles. The molecule has 1 N–H and O–H groups in total. The molecule has 0 fully saturated rings. The summed E-state index contributed by atoms with van der Waals surface area (Å²) in [5.41, 5.74) is 0.965. The third-order valence-corrected chi connectivity index (χ3v) is 2.64. The molecule has 0 amide bonds. The highest BCUT2D eigenvalue weighted by Gasteiger charge is 2.07. The van der Waals surface area contributed by atoms with Crippen LogP contribution < -0.4 is 10.1 Å². The molecule has 19 heavy (non-hydrogen) atoms. The van der Waals surface area contributed by atoms with Gasteiger partial charge in [0.05, 0.1) is 12.6 Å². The summed E-state index contributed by atoms with van der Waals surface area (Å²) in [5, 5.41) is 3.15. The topological polar surface area (TPSA) is 47.0 Å². The average molecular weight is 261 g/mol. The van der Waals surface area contributed by atoms with Gasteiger partial charge >= 0.3 is 0 Å². The molecular weight excluding hydrogens is 245 g/mol. The van der Waals surface area contributed by atoms with Gasteiger partial charge in [0.25, 0.3) is 0 Å². The minimum atomic E-state index is -0.245. The standard InChI is InChI=1S/C14H16FN3O/c1-3-19-13-8-9-16-14(18-13)17-10(2)11-4-6-12(15)7-5-11/h4-10H,3H2,1-2H3,(H,16,17,18). The normalized spacial score (nSPS) is 11.9. The molecule has 4 nitrogen and oxygen atoms in total. The van der Waals surface area contributed by atoms with Crippen molar-refractivity contribution in [3.05, 3.63) is 47.9 Å². The maximum Gasteiger partial charge on any atom is 0.226 e. The van der Waals surface area contributed by atoms with Crippen molar-refractivity contribution >= 4 is 5.95 Å². The summed E-state index contributed by atoms with van der Waals surface area (Å²) in [7, 11) is 0. The number of halogens is 1. The molecule has 0 radical (unpaired) electrons. The van der Waals surface area contributed by atoms with Gasteiger partial charge in [-0.25, -0.2) is 9.37 Å². The van der Waals surface area contributed by atoms with Crippen molar-refractivity contribution in [2.45, 2.75) is 19.9 Å². The Morgan fingerprint density at radius 1 is 1.26 bits per heavy atom. The van der Waals surface area contributed by atoms with Gasteiger partial charge in [-0.3, -0.25) is 0 Å². The van der Waals surface area contributed by atoms with Crippen LogP contribution >= 0.6 is 0 Å². The van der Waals surface area contributed by atoms with Crippen LogP contribution in [-0.4, -0.2) is 16.6 Å². The molecule has 0 aliphatic heterocycles. The van der Waals surface area contributed by atoms with Gasteiger partial charge in [-0.15, -0.1) is 0 Å². The molecule has 2 rings (SSSR count). The molecule has 1 heterocycles. The second kappa shape index (κ2) is 6.13. The van der Waals surface area contributed by atoms with E-state index in [1.54, 1.807) is 24.4 Å². The highest BCUT2D eigenvalue weighted by atomic mass is 19.1. The fourth-order valence-electron chi connectivity index (χ4n) is 1.67. The van der Waals surface area contributed by atoms with Crippen LogP contribution in [0.25, 0.3) is 0 Å². The highest BCUT2D eigenvalue weighted by Crippen LogP contribution is 2.18. The molecule has 0 saturated carbocycles. The number of hydrogen-bond donors (Lipinski definition) is 1. The van der Waals surface area contributed by atoms with Crippen LogP contribution in [0.4, 0.5) is 10.3 Å². The van der Waals surface area contributed by atoms with Crippen LogP contribution in [0.5, 0.6) is 5.88 Å². The molecule has 0 bridgehead atoms. The molecule has 1 aromatic heterocycles. The Balaban J connectivity index is 2.07. The van der Waals surface area contributed by atoms with Gasteiger partial charge in [-0.2, -0.15) is 4.98 Å². The number of nitrogens with one attached hydrogen (secondary N) is 1. The average Bonchev–Trinajstić information content (AvgIpc) is 2.40. The number of benzene rings is 1. The molecule has 0 spiro atoms. The van der Waals surface area contributed by atoms with E-state index in [1.807, 2.05) is 13.8 Å². The maximum atomic E-state index is 12.9. The van der Waals surface area contributed by atoms with E-state index < -0.39 is 0 Å². The first-order valence-electron chi connectivity index (χ1n) is 6.17. The van der Waals surface area contributed by atoms with E-state index in [0.717, 1.165) is 5.56 Å². The van der Waals surface area contributed by atoms with Crippen molar-refractivity contribution < 1.29 is 9.13 Å². The number of ether oxygens (including phenoxy) is 1. The Kier molecular flexibility index (Phi) is 4.28. The predicted octanol–water partition coefficient (Wildman–Crippen LogP) is 3.19. The van der Waals surface area contributed by atoms with E-state index >= 15 is 0 Å². The predicted molar refractivity (Wildman–Crippen MR) is 71.6 cm³/mol. The van der Waals surface area contributed by atoms with Crippen molar-refractivity contribution in [2.75, 3.05) is 11.9 Å². The molecule has 0 aliphatic rings. The molecule has 2 aromatic rings. The molecule has 1 aromatic carbocycles. The summed E-state index contributed by atoms with van der Waals surface area (Å²) in [6.45, 7) is 4.42. The first-order valence-corrected chi connectivity index (χ1v) is 6.17. The van der Waals surface area contributed by atoms with Crippen LogP contribution in [0.3, 0.4) is 0 Å². The van der Waals surface area contributed by atoms with Crippen molar-refractivity contribution in [3.8, 4) is 5.88 Å². The lowest BCUT2D eigenvalue weighted by atomic mass is 10.1. The molecule has 1 unspecified atom stereocenters. The van der Waals surface area contributed by atoms with Gasteiger partial charge in [0.15, 0.2) is 0 Å². The number of nitrogens with zero attached hydrogens (tertiary/aromatic N) is 2. The summed E-state index contributed by atoms with van der Waals surface area (Å²) in [6, 6.07) is 8.03. The third-order valence-electron chi connectivity index (χ3n) is 2.64. The van der Waals surface area contributed by atoms with E-state index in [0.29, 0.717) is 18.4 Å². The number of rotatable bonds is 5. The fraction of sp³-hybridized carbons (Fsp3) is 0.286. The van der Waals surface area contributed by atoms with Crippen molar-refractivity contribution in [3.63, 3.8) is 0 Å². The zero-order chi connectivity index (χ0) is 13.7. The van der Waals surface area contributed by atoms with Crippen molar-refractivity contribution in [2.24, 2.45) is 0 Å². The van der Waals surface area contributed by atoms with Crippen LogP contribution in [0.1, 0.15) is 25.5 Å². The summed E-state index contributed by atoms with van der Waals surface area (Å²) in [6.07, 6.45) is 1.64. The minimum absolute atomic E-state index is 0.0162. The van der Waals surface area contributed by atoms with Gasteiger partial charge in [0.2, 0.25) is 11.8 Å². The van der Waals surface area contributed by atoms with E-state index in [-0.39, 0.29) is 11.9 Å². The zero-order valence-electron chi connectivity index (χ0n) is 10.9. The van der Waals surface area contributed by atoms with Crippen LogP contribution in [0.15, 0.2) is 36.5 Å². The lowest BCUT2D eigenvalue weighted by molar-refractivity contribution is 0.326. The second-order valence-corrected chi connectivity index (χ2v) is 4.07. The molecular formula is C14H16FN3O. The highest BCUT2D eigenvalue weighted by molar-refractivity contribution is 5.33. The summed E-state index contributed by atoms with van der Waals surface area (Å²) < 4.78 is 18.2. The molecule has 0 saturated heterocycles. The number of anilines is 1. The third kappa shape index (κ3) is 3.64. The Hall–Kier alpha value is -2.17. The quantitative estimate of drug-likeness (QED) is 0.898. The Morgan fingerprint density at radius 2 is 2.00 bits per heavy atom. The monoisotopic (exact) mass is 261 g/mol. The lowest BCUT2D eigenvalue weighted by Crippen LogP contribution is -2.10. The van der Waals surface area contributed by atoms with Crippen molar-refractivity contribution in [1.29, 1.82) is 0 Å². The maximum absolute atomic E-state index is 12.9. The van der Waals surface area contributed by atoms with Gasteiger partial charge in [-0.1, -0.05) is 12.1 Å².